The van der Waals surface area contributed by atoms with Gasteiger partial charge in [-0.05, 0) is 49.7 Å². The number of nitrogens with zero attached hydrogens (tertiary/aromatic N) is 5. The number of halogens is 4. The van der Waals surface area contributed by atoms with Crippen LogP contribution in [0.2, 0.25) is 0 Å². The van der Waals surface area contributed by atoms with Crippen LogP contribution in [0.5, 0.6) is 5.75 Å². The number of benzene rings is 2. The van der Waals surface area contributed by atoms with Gasteiger partial charge in [0, 0.05) is 48.9 Å². The third kappa shape index (κ3) is 5.29. The van der Waals surface area contributed by atoms with E-state index in [0.717, 1.165) is 11.8 Å². The Morgan fingerprint density at radius 3 is 2.54 bits per heavy atom. The first-order valence-electron chi connectivity index (χ1n) is 13.1. The molecule has 0 radical (unpaired) electrons. The van der Waals surface area contributed by atoms with Crippen LogP contribution in [-0.2, 0) is 12.7 Å². The minimum atomic E-state index is -4.74. The van der Waals surface area contributed by atoms with E-state index in [1.165, 1.54) is 26.2 Å². The van der Waals surface area contributed by atoms with Crippen molar-refractivity contribution in [3.05, 3.63) is 89.0 Å². The molecule has 7 nitrogen and oxygen atoms in total. The Bertz CT molecular complexity index is 1610. The molecule has 0 N–H and O–H groups in total. The second-order valence-electron chi connectivity index (χ2n) is 10.1. The lowest BCUT2D eigenvalue weighted by Gasteiger charge is -2.40. The van der Waals surface area contributed by atoms with Crippen LogP contribution in [-0.4, -0.2) is 63.1 Å². The predicted octanol–water partition coefficient (Wildman–Crippen LogP) is 5.86. The molecule has 1 aliphatic rings. The summed E-state index contributed by atoms with van der Waals surface area (Å²) in [4.78, 5) is 22.0. The van der Waals surface area contributed by atoms with E-state index in [2.05, 4.69) is 21.6 Å². The second-order valence-corrected chi connectivity index (χ2v) is 10.1. The number of hydrogen-bond acceptors (Lipinski definition) is 5. The van der Waals surface area contributed by atoms with Crippen LogP contribution in [0.3, 0.4) is 0 Å². The van der Waals surface area contributed by atoms with Crippen molar-refractivity contribution >= 4 is 17.6 Å². The number of rotatable bonds is 6. The molecule has 41 heavy (non-hydrogen) atoms. The number of piperazine rings is 1. The minimum absolute atomic E-state index is 0.00960. The predicted molar refractivity (Wildman–Crippen MR) is 147 cm³/mol. The second kappa shape index (κ2) is 11.0. The van der Waals surface area contributed by atoms with Crippen molar-refractivity contribution in [2.24, 2.45) is 0 Å². The summed E-state index contributed by atoms with van der Waals surface area (Å²) < 4.78 is 62.9. The molecule has 214 valence electrons. The SMILES string of the molecule is C=Cc1c(F)cccc1CN1CCN(C(=O)c2cnn3c(C(F)(F)F)c(C)c(-c4ccc(OC)cc4)nc23)[C@H](C)C1. The monoisotopic (exact) mass is 567 g/mol. The molecule has 1 amide bonds. The van der Waals surface area contributed by atoms with Crippen LogP contribution in [0.4, 0.5) is 17.6 Å². The molecule has 11 heteroatoms. The maximum absolute atomic E-state index is 14.3. The van der Waals surface area contributed by atoms with Gasteiger partial charge < -0.3 is 9.64 Å². The molecular weight excluding hydrogens is 538 g/mol. The zero-order valence-corrected chi connectivity index (χ0v) is 22.9. The zero-order chi connectivity index (χ0) is 29.5. The lowest BCUT2D eigenvalue weighted by atomic mass is 10.0. The van der Waals surface area contributed by atoms with Gasteiger partial charge in [0.25, 0.3) is 5.91 Å². The van der Waals surface area contributed by atoms with Crippen molar-refractivity contribution in [3.63, 3.8) is 0 Å². The molecule has 5 rings (SSSR count). The van der Waals surface area contributed by atoms with Crippen molar-refractivity contribution in [2.45, 2.75) is 32.6 Å². The van der Waals surface area contributed by atoms with Gasteiger partial charge in [0.05, 0.1) is 19.0 Å². The lowest BCUT2D eigenvalue weighted by molar-refractivity contribution is -0.143. The molecule has 1 aliphatic heterocycles. The summed E-state index contributed by atoms with van der Waals surface area (Å²) in [6, 6.07) is 11.1. The Hall–Kier alpha value is -4.25. The van der Waals surface area contributed by atoms with E-state index < -0.39 is 17.8 Å². The molecule has 2 aromatic carbocycles. The van der Waals surface area contributed by atoms with E-state index in [-0.39, 0.29) is 34.3 Å². The Morgan fingerprint density at radius 1 is 1.17 bits per heavy atom. The van der Waals surface area contributed by atoms with Crippen molar-refractivity contribution in [2.75, 3.05) is 26.7 Å². The maximum atomic E-state index is 14.3. The Kier molecular flexibility index (Phi) is 7.56. The van der Waals surface area contributed by atoms with Crippen molar-refractivity contribution in [1.82, 2.24) is 24.4 Å². The molecule has 0 spiro atoms. The van der Waals surface area contributed by atoms with E-state index in [1.54, 1.807) is 35.2 Å². The van der Waals surface area contributed by atoms with Crippen LogP contribution >= 0.6 is 0 Å². The summed E-state index contributed by atoms with van der Waals surface area (Å²) in [6.45, 7) is 8.73. The first-order chi connectivity index (χ1) is 19.5. The standard InChI is InChI=1S/C30H29F4N5O2/c1-5-23-21(7-6-8-25(23)31)17-37-13-14-38(18(2)16-37)29(40)24-15-35-39-27(30(32,33)34)19(3)26(36-28(24)39)20-9-11-22(41-4)12-10-20/h5-12,15,18H,1,13-14,16-17H2,2-4H3/t18-/m1/s1. The quantitative estimate of drug-likeness (QED) is 0.273. The topological polar surface area (TPSA) is 63.0 Å². The van der Waals surface area contributed by atoms with Crippen molar-refractivity contribution in [3.8, 4) is 17.0 Å². The number of aromatic nitrogens is 3. The highest BCUT2D eigenvalue weighted by Crippen LogP contribution is 2.37. The van der Waals surface area contributed by atoms with E-state index in [0.29, 0.717) is 47.6 Å². The van der Waals surface area contributed by atoms with E-state index >= 15 is 0 Å². The average molecular weight is 568 g/mol. The average Bonchev–Trinajstić information content (AvgIpc) is 3.35. The molecule has 0 bridgehead atoms. The van der Waals surface area contributed by atoms with Gasteiger partial charge in [0.1, 0.15) is 17.1 Å². The van der Waals surface area contributed by atoms with Gasteiger partial charge in [-0.1, -0.05) is 24.8 Å². The fourth-order valence-electron chi connectivity index (χ4n) is 5.41. The van der Waals surface area contributed by atoms with Gasteiger partial charge in [-0.2, -0.15) is 18.3 Å². The van der Waals surface area contributed by atoms with Crippen molar-refractivity contribution < 1.29 is 27.1 Å². The Morgan fingerprint density at radius 2 is 1.90 bits per heavy atom. The zero-order valence-electron chi connectivity index (χ0n) is 22.9. The third-order valence-corrected chi connectivity index (χ3v) is 7.46. The highest BCUT2D eigenvalue weighted by atomic mass is 19.4. The summed E-state index contributed by atoms with van der Waals surface area (Å²) in [6.07, 6.45) is -2.10. The van der Waals surface area contributed by atoms with Crippen molar-refractivity contribution in [1.29, 1.82) is 0 Å². The van der Waals surface area contributed by atoms with Gasteiger partial charge in [-0.25, -0.2) is 13.9 Å². The first kappa shape index (κ1) is 28.3. The molecule has 1 saturated heterocycles. The highest BCUT2D eigenvalue weighted by molar-refractivity contribution is 6.00. The van der Waals surface area contributed by atoms with Gasteiger partial charge in [-0.3, -0.25) is 9.69 Å². The van der Waals surface area contributed by atoms with Gasteiger partial charge in [0.2, 0.25) is 0 Å². The normalized spacial score (nSPS) is 16.3. The molecule has 3 heterocycles. The molecular formula is C30H29F4N5O2. The van der Waals surface area contributed by atoms with E-state index in [4.69, 9.17) is 4.74 Å². The summed E-state index contributed by atoms with van der Waals surface area (Å²) in [5.41, 5.74) is 0.531. The molecule has 0 saturated carbocycles. The number of fused-ring (bicyclic) bond motifs is 1. The van der Waals surface area contributed by atoms with Crippen LogP contribution in [0.25, 0.3) is 23.0 Å². The number of alkyl halides is 3. The van der Waals surface area contributed by atoms with Crippen LogP contribution in [0.1, 0.15) is 39.7 Å². The number of carbonyl (C=O) groups is 1. The molecule has 0 aliphatic carbocycles. The molecule has 0 unspecified atom stereocenters. The molecule has 4 aromatic rings. The summed E-state index contributed by atoms with van der Waals surface area (Å²) in [5, 5.41) is 3.96. The Balaban J connectivity index is 1.46. The summed E-state index contributed by atoms with van der Waals surface area (Å²) in [5.74, 6) is -0.243. The number of ether oxygens (including phenoxy) is 1. The highest BCUT2D eigenvalue weighted by Gasteiger charge is 2.39. The van der Waals surface area contributed by atoms with Gasteiger partial charge >= 0.3 is 6.18 Å². The van der Waals surface area contributed by atoms with Gasteiger partial charge in [0.15, 0.2) is 11.3 Å². The first-order valence-corrected chi connectivity index (χ1v) is 13.1. The summed E-state index contributed by atoms with van der Waals surface area (Å²) in [7, 11) is 1.50. The number of amides is 1. The maximum Gasteiger partial charge on any atom is 0.433 e. The van der Waals surface area contributed by atoms with Crippen LogP contribution in [0.15, 0.2) is 55.2 Å². The smallest absolute Gasteiger partial charge is 0.433 e. The van der Waals surface area contributed by atoms with Gasteiger partial charge in [-0.15, -0.1) is 0 Å². The molecule has 1 atom stereocenters. The fourth-order valence-corrected chi connectivity index (χ4v) is 5.41. The molecule has 1 fully saturated rings. The number of methoxy groups -OCH3 is 1. The minimum Gasteiger partial charge on any atom is -0.497 e. The van der Waals surface area contributed by atoms with Crippen LogP contribution in [0, 0.1) is 12.7 Å². The largest absolute Gasteiger partial charge is 0.497 e. The fraction of sp³-hybridized carbons (Fsp3) is 0.300. The molecule has 2 aromatic heterocycles. The van der Waals surface area contributed by atoms with E-state index in [9.17, 15) is 22.4 Å². The Labute approximate surface area is 234 Å². The lowest BCUT2D eigenvalue weighted by Crippen LogP contribution is -2.53. The summed E-state index contributed by atoms with van der Waals surface area (Å²) >= 11 is 0. The number of carbonyl (C=O) groups excluding carboxylic acids is 1. The third-order valence-electron chi connectivity index (χ3n) is 7.46. The van der Waals surface area contributed by atoms with E-state index in [1.807, 2.05) is 13.0 Å². The van der Waals surface area contributed by atoms with Crippen LogP contribution < -0.4 is 4.74 Å². The number of hydrogen-bond donors (Lipinski definition) is 0.